The Morgan fingerprint density at radius 3 is 2.25 bits per heavy atom. The number of rotatable bonds is 3. The Morgan fingerprint density at radius 1 is 0.844 bits per heavy atom. The van der Waals surface area contributed by atoms with Crippen molar-refractivity contribution in [3.8, 4) is 11.1 Å². The standard InChI is InChI=1S/C25H24Cl2N4S/c1-15-5-4-6-20(16(15)2)30-11-13-31(14-12-30)23-22-21(18-7-9-19(26)10-8-18)17(3)32-24(22)29-25(27)28-23/h4-10H,11-14H2,1-3H3. The van der Waals surface area contributed by atoms with Crippen LogP contribution >= 0.6 is 34.5 Å². The summed E-state index contributed by atoms with van der Waals surface area (Å²) in [6.07, 6.45) is 0. The van der Waals surface area contributed by atoms with Crippen LogP contribution in [0.2, 0.25) is 10.3 Å². The molecule has 32 heavy (non-hydrogen) atoms. The molecular weight excluding hydrogens is 459 g/mol. The van der Waals surface area contributed by atoms with Gasteiger partial charge in [-0.3, -0.25) is 0 Å². The average molecular weight is 483 g/mol. The number of anilines is 2. The number of nitrogens with zero attached hydrogens (tertiary/aromatic N) is 4. The molecule has 0 bridgehead atoms. The van der Waals surface area contributed by atoms with Crippen LogP contribution in [0.15, 0.2) is 42.5 Å². The summed E-state index contributed by atoms with van der Waals surface area (Å²) in [5, 5.41) is 2.11. The minimum Gasteiger partial charge on any atom is -0.368 e. The Bertz CT molecular complexity index is 1290. The molecule has 1 fully saturated rings. The van der Waals surface area contributed by atoms with Crippen molar-refractivity contribution >= 4 is 56.3 Å². The number of aryl methyl sites for hydroxylation is 2. The highest BCUT2D eigenvalue weighted by Gasteiger charge is 2.25. The summed E-state index contributed by atoms with van der Waals surface area (Å²) in [6, 6.07) is 14.5. The van der Waals surface area contributed by atoms with Gasteiger partial charge < -0.3 is 9.80 Å². The van der Waals surface area contributed by atoms with E-state index < -0.39 is 0 Å². The zero-order chi connectivity index (χ0) is 22.4. The van der Waals surface area contributed by atoms with Crippen LogP contribution in [0, 0.1) is 20.8 Å². The molecule has 0 atom stereocenters. The van der Waals surface area contributed by atoms with Crippen molar-refractivity contribution in [2.75, 3.05) is 36.0 Å². The molecule has 0 radical (unpaired) electrons. The molecular formula is C25H24Cl2N4S. The largest absolute Gasteiger partial charge is 0.368 e. The summed E-state index contributed by atoms with van der Waals surface area (Å²) in [5.41, 5.74) is 6.30. The second-order valence-electron chi connectivity index (χ2n) is 8.23. The molecule has 4 aromatic rings. The van der Waals surface area contributed by atoms with Crippen LogP contribution < -0.4 is 9.80 Å². The van der Waals surface area contributed by atoms with Crippen LogP contribution in [0.1, 0.15) is 16.0 Å². The van der Waals surface area contributed by atoms with E-state index >= 15 is 0 Å². The smallest absolute Gasteiger partial charge is 0.225 e. The second kappa shape index (κ2) is 8.54. The van der Waals surface area contributed by atoms with Gasteiger partial charge in [0.1, 0.15) is 10.6 Å². The molecule has 0 saturated carbocycles. The number of aromatic nitrogens is 2. The number of benzene rings is 2. The minimum absolute atomic E-state index is 0.299. The van der Waals surface area contributed by atoms with Crippen LogP contribution in [-0.4, -0.2) is 36.1 Å². The molecule has 164 valence electrons. The van der Waals surface area contributed by atoms with Crippen LogP contribution in [0.5, 0.6) is 0 Å². The summed E-state index contributed by atoms with van der Waals surface area (Å²) in [4.78, 5) is 16.2. The number of fused-ring (bicyclic) bond motifs is 1. The van der Waals surface area contributed by atoms with Gasteiger partial charge in [0, 0.05) is 47.3 Å². The summed E-state index contributed by atoms with van der Waals surface area (Å²) in [5.74, 6) is 0.926. The number of piperazine rings is 1. The predicted molar refractivity (Wildman–Crippen MR) is 138 cm³/mol. The van der Waals surface area contributed by atoms with E-state index in [0.717, 1.165) is 52.8 Å². The Morgan fingerprint density at radius 2 is 1.53 bits per heavy atom. The first-order valence-electron chi connectivity index (χ1n) is 10.7. The summed E-state index contributed by atoms with van der Waals surface area (Å²) < 4.78 is 0. The predicted octanol–water partition coefficient (Wildman–Crippen LogP) is 6.92. The Hall–Kier alpha value is -2.34. The van der Waals surface area contributed by atoms with Gasteiger partial charge >= 0.3 is 0 Å². The molecule has 1 aliphatic heterocycles. The quantitative estimate of drug-likeness (QED) is 0.296. The van der Waals surface area contributed by atoms with Gasteiger partial charge in [-0.05, 0) is 67.3 Å². The Balaban J connectivity index is 1.52. The fourth-order valence-electron chi connectivity index (χ4n) is 4.50. The Kier molecular flexibility index (Phi) is 5.74. The molecule has 0 aliphatic carbocycles. The van der Waals surface area contributed by atoms with Gasteiger partial charge in [0.2, 0.25) is 5.28 Å². The molecule has 2 aromatic carbocycles. The van der Waals surface area contributed by atoms with E-state index in [-0.39, 0.29) is 0 Å². The lowest BCUT2D eigenvalue weighted by Gasteiger charge is -2.38. The van der Waals surface area contributed by atoms with Crippen LogP contribution in [0.4, 0.5) is 11.5 Å². The highest BCUT2D eigenvalue weighted by molar-refractivity contribution is 7.19. The van der Waals surface area contributed by atoms with Crippen molar-refractivity contribution < 1.29 is 0 Å². The van der Waals surface area contributed by atoms with E-state index in [0.29, 0.717) is 5.28 Å². The number of hydrogen-bond donors (Lipinski definition) is 0. The normalized spacial score (nSPS) is 14.4. The molecule has 2 aromatic heterocycles. The van der Waals surface area contributed by atoms with Crippen molar-refractivity contribution in [1.82, 2.24) is 9.97 Å². The van der Waals surface area contributed by atoms with E-state index in [1.54, 1.807) is 11.3 Å². The zero-order valence-corrected chi connectivity index (χ0v) is 20.7. The van der Waals surface area contributed by atoms with Crippen molar-refractivity contribution in [1.29, 1.82) is 0 Å². The molecule has 4 nitrogen and oxygen atoms in total. The third-order valence-corrected chi connectivity index (χ3v) is 7.73. The van der Waals surface area contributed by atoms with E-state index in [9.17, 15) is 0 Å². The van der Waals surface area contributed by atoms with Crippen LogP contribution in [0.25, 0.3) is 21.3 Å². The lowest BCUT2D eigenvalue weighted by Crippen LogP contribution is -2.47. The monoisotopic (exact) mass is 482 g/mol. The van der Waals surface area contributed by atoms with Gasteiger partial charge in [0.05, 0.1) is 5.39 Å². The van der Waals surface area contributed by atoms with Crippen LogP contribution in [0.3, 0.4) is 0 Å². The maximum absolute atomic E-state index is 6.36. The number of hydrogen-bond acceptors (Lipinski definition) is 5. The molecule has 3 heterocycles. The second-order valence-corrected chi connectivity index (χ2v) is 10.2. The number of thiophene rings is 1. The molecule has 1 saturated heterocycles. The lowest BCUT2D eigenvalue weighted by molar-refractivity contribution is 0.647. The summed E-state index contributed by atoms with van der Waals surface area (Å²) >= 11 is 14.2. The van der Waals surface area contributed by atoms with Crippen molar-refractivity contribution in [3.63, 3.8) is 0 Å². The van der Waals surface area contributed by atoms with Gasteiger partial charge in [-0.15, -0.1) is 11.3 Å². The van der Waals surface area contributed by atoms with Gasteiger partial charge in [-0.1, -0.05) is 35.9 Å². The Labute approximate surface area is 202 Å². The third-order valence-electron chi connectivity index (χ3n) is 6.31. The van der Waals surface area contributed by atoms with E-state index in [1.165, 1.54) is 27.3 Å². The van der Waals surface area contributed by atoms with E-state index in [1.807, 2.05) is 12.1 Å². The first-order valence-corrected chi connectivity index (χ1v) is 12.3. The molecule has 0 spiro atoms. The van der Waals surface area contributed by atoms with Crippen LogP contribution in [-0.2, 0) is 0 Å². The van der Waals surface area contributed by atoms with Gasteiger partial charge in [0.15, 0.2) is 0 Å². The fourth-order valence-corrected chi connectivity index (χ4v) is 5.88. The van der Waals surface area contributed by atoms with Gasteiger partial charge in [0.25, 0.3) is 0 Å². The number of halogens is 2. The van der Waals surface area contributed by atoms with Gasteiger partial charge in [-0.25, -0.2) is 4.98 Å². The van der Waals surface area contributed by atoms with Crippen molar-refractivity contribution in [3.05, 3.63) is 68.8 Å². The molecule has 0 amide bonds. The molecule has 1 aliphatic rings. The molecule has 0 N–H and O–H groups in total. The first-order chi connectivity index (χ1) is 15.4. The third kappa shape index (κ3) is 3.83. The van der Waals surface area contributed by atoms with E-state index in [4.69, 9.17) is 28.2 Å². The fraction of sp³-hybridized carbons (Fsp3) is 0.280. The van der Waals surface area contributed by atoms with Crippen molar-refractivity contribution in [2.24, 2.45) is 0 Å². The summed E-state index contributed by atoms with van der Waals surface area (Å²) in [6.45, 7) is 10.1. The lowest BCUT2D eigenvalue weighted by atomic mass is 10.0. The topological polar surface area (TPSA) is 32.3 Å². The minimum atomic E-state index is 0.299. The molecule has 7 heteroatoms. The average Bonchev–Trinajstić information content (AvgIpc) is 3.11. The molecule has 0 unspecified atom stereocenters. The highest BCUT2D eigenvalue weighted by atomic mass is 35.5. The van der Waals surface area contributed by atoms with Gasteiger partial charge in [-0.2, -0.15) is 4.98 Å². The SMILES string of the molecule is Cc1cccc(N2CCN(c3nc(Cl)nc4sc(C)c(-c5ccc(Cl)cc5)c34)CC2)c1C. The summed E-state index contributed by atoms with van der Waals surface area (Å²) in [7, 11) is 0. The maximum atomic E-state index is 6.36. The van der Waals surface area contributed by atoms with Crippen molar-refractivity contribution in [2.45, 2.75) is 20.8 Å². The van der Waals surface area contributed by atoms with E-state index in [2.05, 4.69) is 65.9 Å². The maximum Gasteiger partial charge on any atom is 0.225 e. The highest BCUT2D eigenvalue weighted by Crippen LogP contribution is 2.42. The first kappa shape index (κ1) is 21.5. The molecule has 5 rings (SSSR count). The zero-order valence-electron chi connectivity index (χ0n) is 18.3.